The third-order valence-electron chi connectivity index (χ3n) is 6.05. The average molecular weight is 549 g/mol. The van der Waals surface area contributed by atoms with Gasteiger partial charge in [-0.25, -0.2) is 9.78 Å². The second-order valence-electron chi connectivity index (χ2n) is 8.22. The van der Waals surface area contributed by atoms with Crippen LogP contribution in [0.1, 0.15) is 21.5 Å². The molecule has 1 unspecified atom stereocenters. The number of amides is 1. The number of rotatable bonds is 7. The van der Waals surface area contributed by atoms with E-state index in [-0.39, 0.29) is 5.56 Å². The van der Waals surface area contributed by atoms with Crippen molar-refractivity contribution in [1.29, 1.82) is 0 Å². The standard InChI is InChI=1S/C28H25BrN2O5/c1-17-24(20-15-19(29)13-14-22(20)31-25(17)18-9-5-4-6-10-18)26(32)30-16-28(34,27(33)36-3)21-11-7-8-12-23(21)35-2/h4-15,34H,16H2,1-3H3,(H,30,32). The number of halogens is 1. The number of benzene rings is 3. The number of nitrogens with one attached hydrogen (secondary N) is 1. The number of pyridine rings is 1. The van der Waals surface area contributed by atoms with Crippen LogP contribution in [0.2, 0.25) is 0 Å². The minimum atomic E-state index is -2.17. The molecule has 4 aromatic rings. The smallest absolute Gasteiger partial charge is 0.344 e. The number of para-hydroxylation sites is 1. The molecule has 0 saturated heterocycles. The lowest BCUT2D eigenvalue weighted by molar-refractivity contribution is -0.163. The Hall–Kier alpha value is -3.75. The van der Waals surface area contributed by atoms with Gasteiger partial charge in [-0.05, 0) is 36.8 Å². The second kappa shape index (κ2) is 10.5. The third kappa shape index (κ3) is 4.69. The largest absolute Gasteiger partial charge is 0.496 e. The Kier molecular flexibility index (Phi) is 7.37. The summed E-state index contributed by atoms with van der Waals surface area (Å²) in [5, 5.41) is 14.8. The summed E-state index contributed by atoms with van der Waals surface area (Å²) in [5.74, 6) is -1.09. The van der Waals surface area contributed by atoms with Gasteiger partial charge >= 0.3 is 5.97 Å². The van der Waals surface area contributed by atoms with E-state index in [0.29, 0.717) is 33.5 Å². The van der Waals surface area contributed by atoms with Gasteiger partial charge in [0.05, 0.1) is 37.5 Å². The number of methoxy groups -OCH3 is 2. The number of aromatic nitrogens is 1. The van der Waals surface area contributed by atoms with E-state index >= 15 is 0 Å². The molecule has 1 heterocycles. The fourth-order valence-electron chi connectivity index (χ4n) is 4.23. The number of ether oxygens (including phenoxy) is 2. The highest BCUT2D eigenvalue weighted by atomic mass is 79.9. The Morgan fingerprint density at radius 2 is 1.72 bits per heavy atom. The predicted molar refractivity (Wildman–Crippen MR) is 141 cm³/mol. The van der Waals surface area contributed by atoms with Gasteiger partial charge in [0.1, 0.15) is 5.75 Å². The fourth-order valence-corrected chi connectivity index (χ4v) is 4.59. The highest BCUT2D eigenvalue weighted by Crippen LogP contribution is 2.33. The normalized spacial score (nSPS) is 12.6. The fraction of sp³-hybridized carbons (Fsp3) is 0.179. The Bertz CT molecular complexity index is 1440. The quantitative estimate of drug-likeness (QED) is 0.323. The first-order valence-corrected chi connectivity index (χ1v) is 12.0. The van der Waals surface area contributed by atoms with Crippen molar-refractivity contribution < 1.29 is 24.2 Å². The van der Waals surface area contributed by atoms with Crippen molar-refractivity contribution in [2.24, 2.45) is 0 Å². The van der Waals surface area contributed by atoms with E-state index in [0.717, 1.165) is 10.0 Å². The highest BCUT2D eigenvalue weighted by molar-refractivity contribution is 9.10. The first kappa shape index (κ1) is 25.3. The number of hydrogen-bond donors (Lipinski definition) is 2. The van der Waals surface area contributed by atoms with Crippen LogP contribution < -0.4 is 10.1 Å². The van der Waals surface area contributed by atoms with E-state index in [1.165, 1.54) is 14.2 Å². The van der Waals surface area contributed by atoms with E-state index in [2.05, 4.69) is 21.2 Å². The summed E-state index contributed by atoms with van der Waals surface area (Å²) in [4.78, 5) is 31.2. The minimum Gasteiger partial charge on any atom is -0.496 e. The lowest BCUT2D eigenvalue weighted by Crippen LogP contribution is -2.47. The molecule has 0 aliphatic rings. The van der Waals surface area contributed by atoms with Gasteiger partial charge in [0, 0.05) is 21.0 Å². The van der Waals surface area contributed by atoms with Crippen molar-refractivity contribution >= 4 is 38.7 Å². The molecule has 0 spiro atoms. The van der Waals surface area contributed by atoms with E-state index in [4.69, 9.17) is 14.5 Å². The number of esters is 1. The Morgan fingerprint density at radius 3 is 2.42 bits per heavy atom. The highest BCUT2D eigenvalue weighted by Gasteiger charge is 2.42. The van der Waals surface area contributed by atoms with Gasteiger partial charge in [-0.3, -0.25) is 4.79 Å². The maximum Gasteiger partial charge on any atom is 0.344 e. The molecule has 3 aromatic carbocycles. The summed E-state index contributed by atoms with van der Waals surface area (Å²) in [6.07, 6.45) is 0. The van der Waals surface area contributed by atoms with Gasteiger partial charge in [-0.1, -0.05) is 64.5 Å². The van der Waals surface area contributed by atoms with Gasteiger partial charge in [0.15, 0.2) is 0 Å². The van der Waals surface area contributed by atoms with Crippen LogP contribution in [-0.2, 0) is 15.1 Å². The number of carbonyl (C=O) groups is 2. The molecule has 8 heteroatoms. The van der Waals surface area contributed by atoms with Crippen molar-refractivity contribution in [3.8, 4) is 17.0 Å². The van der Waals surface area contributed by atoms with Crippen LogP contribution in [-0.4, -0.2) is 42.7 Å². The van der Waals surface area contributed by atoms with Gasteiger partial charge < -0.3 is 19.9 Å². The third-order valence-corrected chi connectivity index (χ3v) is 6.54. The molecule has 36 heavy (non-hydrogen) atoms. The van der Waals surface area contributed by atoms with E-state index in [9.17, 15) is 14.7 Å². The Labute approximate surface area is 217 Å². The molecule has 184 valence electrons. The zero-order valence-corrected chi connectivity index (χ0v) is 21.6. The molecule has 7 nitrogen and oxygen atoms in total. The number of carbonyl (C=O) groups excluding carboxylic acids is 2. The van der Waals surface area contributed by atoms with Gasteiger partial charge in [0.25, 0.3) is 5.91 Å². The molecular formula is C28H25BrN2O5. The summed E-state index contributed by atoms with van der Waals surface area (Å²) in [6, 6.07) is 21.7. The van der Waals surface area contributed by atoms with Gasteiger partial charge in [-0.2, -0.15) is 0 Å². The number of aliphatic hydroxyl groups is 1. The molecule has 0 radical (unpaired) electrons. The first-order chi connectivity index (χ1) is 17.3. The van der Waals surface area contributed by atoms with Crippen LogP contribution in [0, 0.1) is 6.92 Å². The van der Waals surface area contributed by atoms with Crippen molar-refractivity contribution in [2.75, 3.05) is 20.8 Å². The van der Waals surface area contributed by atoms with Gasteiger partial charge in [-0.15, -0.1) is 0 Å². The number of fused-ring (bicyclic) bond motifs is 1. The zero-order chi connectivity index (χ0) is 25.9. The summed E-state index contributed by atoms with van der Waals surface area (Å²) in [5.41, 5.74) is 1.26. The maximum atomic E-state index is 13.7. The molecule has 1 aromatic heterocycles. The second-order valence-corrected chi connectivity index (χ2v) is 9.14. The molecule has 0 aliphatic heterocycles. The summed E-state index contributed by atoms with van der Waals surface area (Å²) in [7, 11) is 2.61. The van der Waals surface area contributed by atoms with Crippen molar-refractivity contribution in [1.82, 2.24) is 10.3 Å². The molecule has 1 amide bonds. The summed E-state index contributed by atoms with van der Waals surface area (Å²) < 4.78 is 11.0. The topological polar surface area (TPSA) is 97.8 Å². The molecule has 0 saturated carbocycles. The summed E-state index contributed by atoms with van der Waals surface area (Å²) >= 11 is 3.47. The molecule has 0 aliphatic carbocycles. The van der Waals surface area contributed by atoms with Crippen LogP contribution >= 0.6 is 15.9 Å². The monoisotopic (exact) mass is 548 g/mol. The van der Waals surface area contributed by atoms with Crippen molar-refractivity contribution in [3.63, 3.8) is 0 Å². The molecular weight excluding hydrogens is 524 g/mol. The van der Waals surface area contributed by atoms with E-state index < -0.39 is 24.0 Å². The number of nitrogens with zero attached hydrogens (tertiary/aromatic N) is 1. The first-order valence-electron chi connectivity index (χ1n) is 11.2. The lowest BCUT2D eigenvalue weighted by Gasteiger charge is -2.27. The van der Waals surface area contributed by atoms with Gasteiger partial charge in [0.2, 0.25) is 5.60 Å². The molecule has 1 atom stereocenters. The zero-order valence-electron chi connectivity index (χ0n) is 20.0. The van der Waals surface area contributed by atoms with Crippen LogP contribution in [0.25, 0.3) is 22.2 Å². The Morgan fingerprint density at radius 1 is 1.03 bits per heavy atom. The Balaban J connectivity index is 1.79. The SMILES string of the molecule is COC(=O)C(O)(CNC(=O)c1c(C)c(-c2ccccc2)nc2ccc(Br)cc12)c1ccccc1OC. The lowest BCUT2D eigenvalue weighted by atomic mass is 9.92. The van der Waals surface area contributed by atoms with Crippen LogP contribution in [0.5, 0.6) is 5.75 Å². The average Bonchev–Trinajstić information content (AvgIpc) is 2.91. The maximum absolute atomic E-state index is 13.7. The van der Waals surface area contributed by atoms with Crippen molar-refractivity contribution in [2.45, 2.75) is 12.5 Å². The molecule has 0 bridgehead atoms. The van der Waals surface area contributed by atoms with Crippen molar-refractivity contribution in [3.05, 3.63) is 94.0 Å². The predicted octanol–water partition coefficient (Wildman–Crippen LogP) is 4.77. The number of hydrogen-bond acceptors (Lipinski definition) is 6. The van der Waals surface area contributed by atoms with E-state index in [1.54, 1.807) is 24.3 Å². The van der Waals surface area contributed by atoms with Crippen LogP contribution in [0.4, 0.5) is 0 Å². The molecule has 2 N–H and O–H groups in total. The molecule has 0 fully saturated rings. The molecule has 4 rings (SSSR count). The van der Waals surface area contributed by atoms with Crippen LogP contribution in [0.15, 0.2) is 77.3 Å². The van der Waals surface area contributed by atoms with E-state index in [1.807, 2.05) is 55.5 Å². The minimum absolute atomic E-state index is 0.184. The van der Waals surface area contributed by atoms with Crippen LogP contribution in [0.3, 0.4) is 0 Å². The summed E-state index contributed by atoms with van der Waals surface area (Å²) in [6.45, 7) is 1.40.